The van der Waals surface area contributed by atoms with Gasteiger partial charge in [0.05, 0.1) is 0 Å². The van der Waals surface area contributed by atoms with Crippen molar-refractivity contribution in [2.24, 2.45) is 0 Å². The summed E-state index contributed by atoms with van der Waals surface area (Å²) in [6.45, 7) is -0.120. The van der Waals surface area contributed by atoms with Crippen LogP contribution in [0.4, 0.5) is 4.39 Å². The molecule has 5 nitrogen and oxygen atoms in total. The van der Waals surface area contributed by atoms with E-state index in [0.29, 0.717) is 0 Å². The van der Waals surface area contributed by atoms with Crippen LogP contribution in [0.25, 0.3) is 0 Å². The van der Waals surface area contributed by atoms with Gasteiger partial charge in [-0.3, -0.25) is 0 Å². The highest BCUT2D eigenvalue weighted by atomic mass is 19.1. The molecular formula is C11H8FNO4. The second kappa shape index (κ2) is 4.65. The van der Waals surface area contributed by atoms with Gasteiger partial charge in [-0.15, -0.1) is 0 Å². The van der Waals surface area contributed by atoms with Crippen molar-refractivity contribution in [2.75, 3.05) is 0 Å². The molecule has 0 unspecified atom stereocenters. The molecule has 0 radical (unpaired) electrons. The molecule has 0 aliphatic rings. The highest BCUT2D eigenvalue weighted by Gasteiger charge is 2.15. The van der Waals surface area contributed by atoms with Gasteiger partial charge >= 0.3 is 5.97 Å². The van der Waals surface area contributed by atoms with Crippen LogP contribution < -0.4 is 4.74 Å². The monoisotopic (exact) mass is 237 g/mol. The zero-order valence-corrected chi connectivity index (χ0v) is 8.59. The fraction of sp³-hybridized carbons (Fsp3) is 0.0909. The van der Waals surface area contributed by atoms with Crippen LogP contribution in [-0.2, 0) is 6.61 Å². The predicted octanol–water partition coefficient (Wildman–Crippen LogP) is 2.09. The lowest BCUT2D eigenvalue weighted by atomic mass is 10.3. The Kier molecular flexibility index (Phi) is 3.04. The minimum atomic E-state index is -1.20. The van der Waals surface area contributed by atoms with E-state index < -0.39 is 11.8 Å². The van der Waals surface area contributed by atoms with Gasteiger partial charge in [-0.05, 0) is 12.1 Å². The number of carbonyl (C=O) groups is 1. The molecule has 0 saturated carbocycles. The van der Waals surface area contributed by atoms with Crippen molar-refractivity contribution >= 4 is 5.97 Å². The van der Waals surface area contributed by atoms with E-state index in [1.54, 1.807) is 6.07 Å². The molecule has 0 atom stereocenters. The number of ether oxygens (including phenoxy) is 1. The molecule has 1 N–H and O–H groups in total. The van der Waals surface area contributed by atoms with Crippen molar-refractivity contribution in [1.82, 2.24) is 4.98 Å². The van der Waals surface area contributed by atoms with E-state index in [1.165, 1.54) is 18.2 Å². The van der Waals surface area contributed by atoms with Crippen molar-refractivity contribution in [3.8, 4) is 5.75 Å². The summed E-state index contributed by atoms with van der Waals surface area (Å²) in [4.78, 5) is 14.2. The SMILES string of the molecule is O=C(O)c1ncoc1COc1cccc(F)c1. The third-order valence-corrected chi connectivity index (χ3v) is 2.01. The maximum absolute atomic E-state index is 12.8. The van der Waals surface area contributed by atoms with Crippen LogP contribution in [0.1, 0.15) is 16.2 Å². The maximum atomic E-state index is 12.8. The summed E-state index contributed by atoms with van der Waals surface area (Å²) in [5.41, 5.74) is -0.207. The van der Waals surface area contributed by atoms with Crippen molar-refractivity contribution in [3.63, 3.8) is 0 Å². The third-order valence-electron chi connectivity index (χ3n) is 2.01. The number of rotatable bonds is 4. The van der Waals surface area contributed by atoms with Gasteiger partial charge in [0.2, 0.25) is 0 Å². The van der Waals surface area contributed by atoms with E-state index in [0.717, 1.165) is 6.39 Å². The van der Waals surface area contributed by atoms with Crippen LogP contribution in [0.3, 0.4) is 0 Å². The fourth-order valence-electron chi connectivity index (χ4n) is 1.25. The van der Waals surface area contributed by atoms with Gasteiger partial charge in [0.25, 0.3) is 0 Å². The summed E-state index contributed by atoms with van der Waals surface area (Å²) in [5.74, 6) is -1.25. The smallest absolute Gasteiger partial charge is 0.358 e. The Labute approximate surface area is 95.5 Å². The number of carboxylic acid groups (broad SMARTS) is 1. The number of hydrogen-bond donors (Lipinski definition) is 1. The van der Waals surface area contributed by atoms with E-state index in [-0.39, 0.29) is 23.8 Å². The molecule has 0 aliphatic carbocycles. The maximum Gasteiger partial charge on any atom is 0.358 e. The normalized spacial score (nSPS) is 10.2. The van der Waals surface area contributed by atoms with Gasteiger partial charge in [0.1, 0.15) is 18.2 Å². The molecule has 0 aliphatic heterocycles. The first-order valence-corrected chi connectivity index (χ1v) is 4.71. The fourth-order valence-corrected chi connectivity index (χ4v) is 1.25. The minimum absolute atomic E-state index is 0.0850. The topological polar surface area (TPSA) is 72.6 Å². The lowest BCUT2D eigenvalue weighted by Crippen LogP contribution is -2.04. The minimum Gasteiger partial charge on any atom is -0.485 e. The summed E-state index contributed by atoms with van der Waals surface area (Å²) in [6, 6.07) is 5.52. The summed E-state index contributed by atoms with van der Waals surface area (Å²) in [7, 11) is 0. The zero-order chi connectivity index (χ0) is 12.3. The van der Waals surface area contributed by atoms with E-state index in [1.807, 2.05) is 0 Å². The van der Waals surface area contributed by atoms with Crippen molar-refractivity contribution in [1.29, 1.82) is 0 Å². The number of oxazole rings is 1. The van der Waals surface area contributed by atoms with Crippen LogP contribution in [0, 0.1) is 5.82 Å². The van der Waals surface area contributed by atoms with E-state index in [4.69, 9.17) is 14.3 Å². The number of aromatic carboxylic acids is 1. The van der Waals surface area contributed by atoms with Crippen molar-refractivity contribution in [3.05, 3.63) is 47.9 Å². The summed E-state index contributed by atoms with van der Waals surface area (Å²) < 4.78 is 22.9. The third kappa shape index (κ3) is 2.60. The van der Waals surface area contributed by atoms with Gasteiger partial charge in [-0.25, -0.2) is 14.2 Å². The van der Waals surface area contributed by atoms with Gasteiger partial charge in [0, 0.05) is 6.07 Å². The number of nitrogens with zero attached hydrogens (tertiary/aromatic N) is 1. The molecule has 0 bridgehead atoms. The number of hydrogen-bond acceptors (Lipinski definition) is 4. The van der Waals surface area contributed by atoms with Gasteiger partial charge in [0.15, 0.2) is 17.8 Å². The molecular weight excluding hydrogens is 229 g/mol. The van der Waals surface area contributed by atoms with E-state index in [9.17, 15) is 9.18 Å². The van der Waals surface area contributed by atoms with Gasteiger partial charge in [-0.1, -0.05) is 6.07 Å². The molecule has 1 aromatic heterocycles. The van der Waals surface area contributed by atoms with Crippen LogP contribution >= 0.6 is 0 Å². The Morgan fingerprint density at radius 1 is 1.53 bits per heavy atom. The second-order valence-corrected chi connectivity index (χ2v) is 3.18. The molecule has 6 heteroatoms. The molecule has 0 amide bonds. The molecule has 17 heavy (non-hydrogen) atoms. The number of benzene rings is 1. The van der Waals surface area contributed by atoms with Gasteiger partial charge in [-0.2, -0.15) is 0 Å². The highest BCUT2D eigenvalue weighted by Crippen LogP contribution is 2.15. The van der Waals surface area contributed by atoms with Crippen molar-refractivity contribution in [2.45, 2.75) is 6.61 Å². The summed E-state index contributed by atoms with van der Waals surface area (Å²) in [6.07, 6.45) is 1.02. The average Bonchev–Trinajstić information content (AvgIpc) is 2.74. The first kappa shape index (κ1) is 11.1. The molecule has 0 spiro atoms. The lowest BCUT2D eigenvalue weighted by Gasteiger charge is -2.03. The van der Waals surface area contributed by atoms with Crippen LogP contribution in [-0.4, -0.2) is 16.1 Å². The van der Waals surface area contributed by atoms with E-state index in [2.05, 4.69) is 4.98 Å². The van der Waals surface area contributed by atoms with Crippen molar-refractivity contribution < 1.29 is 23.4 Å². The van der Waals surface area contributed by atoms with E-state index >= 15 is 0 Å². The standard InChI is InChI=1S/C11H8FNO4/c12-7-2-1-3-8(4-7)16-5-9-10(11(14)15)13-6-17-9/h1-4,6H,5H2,(H,14,15). The molecule has 2 rings (SSSR count). The Morgan fingerprint density at radius 3 is 3.06 bits per heavy atom. The Hall–Kier alpha value is -2.37. The predicted molar refractivity (Wildman–Crippen MR) is 54.2 cm³/mol. The van der Waals surface area contributed by atoms with Crippen LogP contribution in [0.2, 0.25) is 0 Å². The molecule has 0 fully saturated rings. The quantitative estimate of drug-likeness (QED) is 0.881. The molecule has 1 aromatic carbocycles. The molecule has 1 heterocycles. The number of aromatic nitrogens is 1. The summed E-state index contributed by atoms with van der Waals surface area (Å²) in [5, 5.41) is 8.76. The second-order valence-electron chi connectivity index (χ2n) is 3.18. The number of halogens is 1. The average molecular weight is 237 g/mol. The Morgan fingerprint density at radius 2 is 2.35 bits per heavy atom. The molecule has 2 aromatic rings. The lowest BCUT2D eigenvalue weighted by molar-refractivity contribution is 0.0686. The molecule has 0 saturated heterocycles. The Bertz CT molecular complexity index is 538. The first-order valence-electron chi connectivity index (χ1n) is 4.71. The van der Waals surface area contributed by atoms with Crippen LogP contribution in [0.5, 0.6) is 5.75 Å². The first-order chi connectivity index (χ1) is 8.16. The van der Waals surface area contributed by atoms with Crippen LogP contribution in [0.15, 0.2) is 35.1 Å². The van der Waals surface area contributed by atoms with Gasteiger partial charge < -0.3 is 14.3 Å². The number of carboxylic acids is 1. The largest absolute Gasteiger partial charge is 0.485 e. The summed E-state index contributed by atoms with van der Waals surface area (Å²) >= 11 is 0. The highest BCUT2D eigenvalue weighted by molar-refractivity contribution is 5.86. The Balaban J connectivity index is 2.07. The molecule has 88 valence electrons. The zero-order valence-electron chi connectivity index (χ0n) is 8.59.